The van der Waals surface area contributed by atoms with E-state index >= 15 is 0 Å². The van der Waals surface area contributed by atoms with Crippen LogP contribution < -0.4 is 0 Å². The van der Waals surface area contributed by atoms with Crippen molar-refractivity contribution in [2.24, 2.45) is 0 Å². The highest BCUT2D eigenvalue weighted by Gasteiger charge is 2.39. The highest BCUT2D eigenvalue weighted by atomic mass is 79.9. The number of benzene rings is 2. The van der Waals surface area contributed by atoms with Crippen molar-refractivity contribution in [3.63, 3.8) is 0 Å². The maximum absolute atomic E-state index is 12.3. The van der Waals surface area contributed by atoms with Crippen LogP contribution in [0.2, 0.25) is 0 Å². The zero-order chi connectivity index (χ0) is 19.5. The van der Waals surface area contributed by atoms with Crippen LogP contribution in [0, 0.1) is 13.8 Å². The number of hydrogen-bond donors (Lipinski definition) is 1. The van der Waals surface area contributed by atoms with Crippen LogP contribution >= 0.6 is 15.9 Å². The van der Waals surface area contributed by atoms with Gasteiger partial charge >= 0.3 is 11.9 Å². The van der Waals surface area contributed by atoms with Crippen molar-refractivity contribution in [1.29, 1.82) is 0 Å². The Hall–Kier alpha value is -2.60. The molecule has 6 heteroatoms. The molecule has 1 aromatic heterocycles. The summed E-state index contributed by atoms with van der Waals surface area (Å²) >= 11 is 3.52. The predicted molar refractivity (Wildman–Crippen MR) is 107 cm³/mol. The number of rotatable bonds is 1. The van der Waals surface area contributed by atoms with E-state index in [0.717, 1.165) is 43.0 Å². The third-order valence-corrected chi connectivity index (χ3v) is 5.24. The molecule has 0 spiro atoms. The number of hydrogen-bond acceptors (Lipinski definition) is 4. The number of carbonyl (C=O) groups is 2. The van der Waals surface area contributed by atoms with Crippen LogP contribution in [-0.2, 0) is 19.1 Å². The average molecular weight is 428 g/mol. The molecule has 0 amide bonds. The number of cyclic esters (lactones) is 2. The lowest BCUT2D eigenvalue weighted by molar-refractivity contribution is -0.222. The minimum absolute atomic E-state index is 0.0998. The molecule has 0 unspecified atom stereocenters. The van der Waals surface area contributed by atoms with Crippen LogP contribution in [0.1, 0.15) is 30.5 Å². The van der Waals surface area contributed by atoms with E-state index in [9.17, 15) is 9.59 Å². The Bertz CT molecular complexity index is 1150. The molecule has 0 atom stereocenters. The highest BCUT2D eigenvalue weighted by molar-refractivity contribution is 9.10. The van der Waals surface area contributed by atoms with Crippen molar-refractivity contribution < 1.29 is 19.1 Å². The Morgan fingerprint density at radius 1 is 1.07 bits per heavy atom. The minimum Gasteiger partial charge on any atom is -0.419 e. The molecule has 1 aliphatic heterocycles. The van der Waals surface area contributed by atoms with Gasteiger partial charge in [0.2, 0.25) is 0 Å². The van der Waals surface area contributed by atoms with E-state index in [1.807, 2.05) is 32.0 Å². The van der Waals surface area contributed by atoms with E-state index in [1.165, 1.54) is 13.8 Å². The molecule has 0 saturated carbocycles. The van der Waals surface area contributed by atoms with Gasteiger partial charge in [-0.3, -0.25) is 0 Å². The number of aryl methyl sites for hydroxylation is 2. The summed E-state index contributed by atoms with van der Waals surface area (Å²) in [6.07, 6.45) is 1.55. The smallest absolute Gasteiger partial charge is 0.348 e. The fourth-order valence-electron chi connectivity index (χ4n) is 3.49. The summed E-state index contributed by atoms with van der Waals surface area (Å²) in [7, 11) is 0. The standard InChI is InChI=1S/C21H18BrNO4/c1-10-7-12(8-15-19(24)26-21(3,4)27-20(15)25)11(2)17-14-9-13(22)5-6-16(14)23-18(10)17/h5-9,23H,1-4H3. The first-order valence-electron chi connectivity index (χ1n) is 8.56. The van der Waals surface area contributed by atoms with E-state index in [1.54, 1.807) is 6.08 Å². The number of carbonyl (C=O) groups excluding carboxylic acids is 2. The largest absolute Gasteiger partial charge is 0.419 e. The SMILES string of the molecule is Cc1cc(C=C2C(=O)OC(C)(C)OC2=O)c(C)c2c1[nH]c1ccc(Br)cc12. The fraction of sp³-hybridized carbons (Fsp3) is 0.238. The quantitative estimate of drug-likeness (QED) is 0.340. The van der Waals surface area contributed by atoms with Crippen LogP contribution in [-0.4, -0.2) is 22.7 Å². The molecule has 1 saturated heterocycles. The van der Waals surface area contributed by atoms with Gasteiger partial charge < -0.3 is 14.5 Å². The third kappa shape index (κ3) is 2.94. The Balaban J connectivity index is 1.94. The summed E-state index contributed by atoms with van der Waals surface area (Å²) in [5.74, 6) is -2.59. The van der Waals surface area contributed by atoms with Gasteiger partial charge in [0, 0.05) is 40.1 Å². The predicted octanol–water partition coefficient (Wildman–Crippen LogP) is 4.92. The van der Waals surface area contributed by atoms with Gasteiger partial charge in [-0.15, -0.1) is 0 Å². The molecule has 1 fully saturated rings. The van der Waals surface area contributed by atoms with Gasteiger partial charge in [-0.25, -0.2) is 9.59 Å². The van der Waals surface area contributed by atoms with Gasteiger partial charge in [-0.1, -0.05) is 15.9 Å². The van der Waals surface area contributed by atoms with Crippen molar-refractivity contribution in [3.8, 4) is 0 Å². The number of aromatic amines is 1. The van der Waals surface area contributed by atoms with Gasteiger partial charge in [0.05, 0.1) is 0 Å². The first-order valence-corrected chi connectivity index (χ1v) is 9.35. The molecule has 0 bridgehead atoms. The van der Waals surface area contributed by atoms with Gasteiger partial charge in [-0.2, -0.15) is 0 Å². The van der Waals surface area contributed by atoms with Crippen LogP contribution in [0.5, 0.6) is 0 Å². The Morgan fingerprint density at radius 2 is 1.74 bits per heavy atom. The number of aromatic nitrogens is 1. The van der Waals surface area contributed by atoms with E-state index in [4.69, 9.17) is 9.47 Å². The summed E-state index contributed by atoms with van der Waals surface area (Å²) < 4.78 is 11.4. The highest BCUT2D eigenvalue weighted by Crippen LogP contribution is 2.35. The number of fused-ring (bicyclic) bond motifs is 3. The maximum Gasteiger partial charge on any atom is 0.348 e. The number of ether oxygens (including phenoxy) is 2. The lowest BCUT2D eigenvalue weighted by Gasteiger charge is -2.29. The number of halogens is 1. The topological polar surface area (TPSA) is 68.4 Å². The van der Waals surface area contributed by atoms with Crippen LogP contribution in [0.25, 0.3) is 27.9 Å². The second kappa shape index (κ2) is 5.96. The second-order valence-corrected chi connectivity index (χ2v) is 8.13. The first kappa shape index (κ1) is 17.8. The normalized spacial score (nSPS) is 16.6. The molecular weight excluding hydrogens is 410 g/mol. The molecule has 27 heavy (non-hydrogen) atoms. The monoisotopic (exact) mass is 427 g/mol. The average Bonchev–Trinajstić information content (AvgIpc) is 2.93. The summed E-state index contributed by atoms with van der Waals surface area (Å²) in [5, 5.41) is 2.14. The van der Waals surface area contributed by atoms with Crippen LogP contribution in [0.15, 0.2) is 34.3 Å². The maximum atomic E-state index is 12.3. The molecular formula is C21H18BrNO4. The molecule has 5 nitrogen and oxygen atoms in total. The lowest BCUT2D eigenvalue weighted by Crippen LogP contribution is -2.41. The van der Waals surface area contributed by atoms with E-state index < -0.39 is 17.7 Å². The number of H-pyrrole nitrogens is 1. The van der Waals surface area contributed by atoms with Gasteiger partial charge in [0.15, 0.2) is 0 Å². The van der Waals surface area contributed by atoms with Crippen molar-refractivity contribution in [2.75, 3.05) is 0 Å². The summed E-state index contributed by atoms with van der Waals surface area (Å²) in [6.45, 7) is 7.04. The summed E-state index contributed by atoms with van der Waals surface area (Å²) in [4.78, 5) is 28.0. The van der Waals surface area contributed by atoms with Gasteiger partial charge in [0.1, 0.15) is 5.57 Å². The first-order chi connectivity index (χ1) is 12.7. The Kier molecular flexibility index (Phi) is 3.93. The minimum atomic E-state index is -1.25. The molecule has 3 aromatic rings. The zero-order valence-electron chi connectivity index (χ0n) is 15.4. The zero-order valence-corrected chi connectivity index (χ0v) is 17.0. The molecule has 0 aliphatic carbocycles. The molecule has 2 heterocycles. The third-order valence-electron chi connectivity index (χ3n) is 4.75. The van der Waals surface area contributed by atoms with Crippen LogP contribution in [0.3, 0.4) is 0 Å². The Labute approximate surface area is 164 Å². The summed E-state index contributed by atoms with van der Waals surface area (Å²) in [5.41, 5.74) is 4.74. The van der Waals surface area contributed by atoms with Gasteiger partial charge in [0.25, 0.3) is 5.79 Å². The second-order valence-electron chi connectivity index (χ2n) is 7.21. The molecule has 138 valence electrons. The summed E-state index contributed by atoms with van der Waals surface area (Å²) in [6, 6.07) is 8.02. The lowest BCUT2D eigenvalue weighted by atomic mass is 9.97. The van der Waals surface area contributed by atoms with Crippen LogP contribution in [0.4, 0.5) is 0 Å². The van der Waals surface area contributed by atoms with Crippen molar-refractivity contribution in [1.82, 2.24) is 4.98 Å². The van der Waals surface area contributed by atoms with E-state index in [-0.39, 0.29) is 5.57 Å². The molecule has 4 rings (SSSR count). The molecule has 0 radical (unpaired) electrons. The van der Waals surface area contributed by atoms with E-state index in [2.05, 4.69) is 27.0 Å². The van der Waals surface area contributed by atoms with Gasteiger partial charge in [-0.05, 0) is 60.9 Å². The number of esters is 2. The molecule has 1 aliphatic rings. The van der Waals surface area contributed by atoms with Crippen molar-refractivity contribution in [2.45, 2.75) is 33.5 Å². The van der Waals surface area contributed by atoms with Crippen molar-refractivity contribution in [3.05, 3.63) is 51.0 Å². The Morgan fingerprint density at radius 3 is 2.41 bits per heavy atom. The number of nitrogens with one attached hydrogen (secondary N) is 1. The van der Waals surface area contributed by atoms with Crippen molar-refractivity contribution >= 4 is 55.8 Å². The molecule has 2 aromatic carbocycles. The molecule has 1 N–H and O–H groups in total. The van der Waals surface area contributed by atoms with E-state index in [0.29, 0.717) is 0 Å². The fourth-order valence-corrected chi connectivity index (χ4v) is 3.85.